The molecule has 0 saturated carbocycles. The fourth-order valence-corrected chi connectivity index (χ4v) is 4.29. The van der Waals surface area contributed by atoms with Gasteiger partial charge in [0.2, 0.25) is 0 Å². The summed E-state index contributed by atoms with van der Waals surface area (Å²) in [5.74, 6) is 1.61. The highest BCUT2D eigenvalue weighted by molar-refractivity contribution is 7.25. The molecule has 0 aliphatic heterocycles. The molecule has 2 N–H and O–H groups in total. The van der Waals surface area contributed by atoms with E-state index in [9.17, 15) is 4.79 Å². The van der Waals surface area contributed by atoms with Crippen LogP contribution in [0.5, 0.6) is 11.5 Å². The maximum Gasteiger partial charge on any atom is 0.410 e. The van der Waals surface area contributed by atoms with E-state index in [1.807, 2.05) is 6.07 Å². The molecule has 0 aliphatic rings. The van der Waals surface area contributed by atoms with Crippen LogP contribution in [0.4, 0.5) is 10.6 Å². The van der Waals surface area contributed by atoms with Crippen LogP contribution in [0.25, 0.3) is 20.0 Å². The van der Waals surface area contributed by atoms with Crippen molar-refractivity contribution >= 4 is 56.3 Å². The normalized spacial score (nSPS) is 10.8. The topological polar surface area (TPSA) is 84.3 Å². The number of pyridine rings is 1. The fourth-order valence-electron chi connectivity index (χ4n) is 2.31. The average Bonchev–Trinajstić information content (AvgIpc) is 3.23. The molecular formula is C17H10ClN3O3S2. The summed E-state index contributed by atoms with van der Waals surface area (Å²) in [6, 6.07) is 9.07. The Morgan fingerprint density at radius 1 is 1.23 bits per heavy atom. The van der Waals surface area contributed by atoms with Gasteiger partial charge in [-0.1, -0.05) is 11.6 Å². The largest absolute Gasteiger partial charge is 0.465 e. The molecule has 3 heterocycles. The second-order valence-electron chi connectivity index (χ2n) is 5.18. The van der Waals surface area contributed by atoms with Gasteiger partial charge < -0.3 is 9.84 Å². The molecule has 0 unspecified atom stereocenters. The van der Waals surface area contributed by atoms with Gasteiger partial charge in [-0.2, -0.15) is 0 Å². The van der Waals surface area contributed by atoms with Gasteiger partial charge >= 0.3 is 6.09 Å². The molecule has 6 nitrogen and oxygen atoms in total. The monoisotopic (exact) mass is 403 g/mol. The van der Waals surface area contributed by atoms with Gasteiger partial charge in [0.25, 0.3) is 0 Å². The Kier molecular flexibility index (Phi) is 4.46. The van der Waals surface area contributed by atoms with Crippen molar-refractivity contribution in [3.8, 4) is 21.4 Å². The first-order valence-corrected chi connectivity index (χ1v) is 9.43. The predicted octanol–water partition coefficient (Wildman–Crippen LogP) is 5.96. The highest BCUT2D eigenvalue weighted by Gasteiger charge is 2.13. The third-order valence-electron chi connectivity index (χ3n) is 3.40. The Morgan fingerprint density at radius 2 is 2.04 bits per heavy atom. The van der Waals surface area contributed by atoms with Crippen LogP contribution in [-0.4, -0.2) is 21.2 Å². The summed E-state index contributed by atoms with van der Waals surface area (Å²) in [6.07, 6.45) is 2.29. The van der Waals surface area contributed by atoms with Crippen molar-refractivity contribution in [3.05, 3.63) is 53.1 Å². The number of carboxylic acid groups (broad SMARTS) is 1. The lowest BCUT2D eigenvalue weighted by atomic mass is 10.3. The van der Waals surface area contributed by atoms with Gasteiger partial charge in [-0.3, -0.25) is 10.3 Å². The van der Waals surface area contributed by atoms with Gasteiger partial charge in [-0.25, -0.2) is 9.78 Å². The van der Waals surface area contributed by atoms with Crippen molar-refractivity contribution in [2.24, 2.45) is 0 Å². The summed E-state index contributed by atoms with van der Waals surface area (Å²) in [4.78, 5) is 20.2. The van der Waals surface area contributed by atoms with Crippen LogP contribution in [0, 0.1) is 0 Å². The van der Waals surface area contributed by atoms with Crippen molar-refractivity contribution in [1.29, 1.82) is 0 Å². The molecule has 4 rings (SSSR count). The van der Waals surface area contributed by atoms with E-state index in [-0.39, 0.29) is 0 Å². The number of amides is 1. The van der Waals surface area contributed by atoms with Gasteiger partial charge in [0.1, 0.15) is 16.6 Å². The zero-order valence-corrected chi connectivity index (χ0v) is 15.4. The Morgan fingerprint density at radius 3 is 2.81 bits per heavy atom. The number of fused-ring (bicyclic) bond motifs is 1. The Balaban J connectivity index is 1.68. The van der Waals surface area contributed by atoms with Crippen LogP contribution in [0.15, 0.2) is 48.1 Å². The van der Waals surface area contributed by atoms with E-state index in [0.717, 1.165) is 20.0 Å². The smallest absolute Gasteiger partial charge is 0.410 e. The number of nitrogens with zero attached hydrogens (tertiary/aromatic N) is 2. The van der Waals surface area contributed by atoms with Gasteiger partial charge in [-0.05, 0) is 30.3 Å². The summed E-state index contributed by atoms with van der Waals surface area (Å²) < 4.78 is 6.89. The van der Waals surface area contributed by atoms with Crippen LogP contribution in [-0.2, 0) is 0 Å². The molecule has 3 aromatic heterocycles. The minimum Gasteiger partial charge on any atom is -0.465 e. The molecule has 9 heteroatoms. The van der Waals surface area contributed by atoms with Gasteiger partial charge in [0, 0.05) is 22.0 Å². The Bertz CT molecular complexity index is 1090. The number of aromatic nitrogens is 2. The van der Waals surface area contributed by atoms with Crippen molar-refractivity contribution in [2.75, 3.05) is 5.32 Å². The van der Waals surface area contributed by atoms with E-state index in [2.05, 4.69) is 15.3 Å². The summed E-state index contributed by atoms with van der Waals surface area (Å²) in [5.41, 5.74) is 0. The Hall–Kier alpha value is -2.68. The standard InChI is InChI=1S/C17H10ClN3O3S2/c18-9-1-3-10(4-2-9)24-12-6-19-7-14-11(12)5-13(26-14)16-20-15(8-25-16)21-17(22)23/h1-8,21H,(H,22,23). The molecule has 4 aromatic rings. The number of anilines is 1. The Labute approximate surface area is 160 Å². The first-order chi connectivity index (χ1) is 12.6. The molecule has 1 amide bonds. The number of thiazole rings is 1. The lowest BCUT2D eigenvalue weighted by Gasteiger charge is -2.06. The van der Waals surface area contributed by atoms with E-state index in [1.165, 1.54) is 22.7 Å². The minimum atomic E-state index is -1.14. The van der Waals surface area contributed by atoms with E-state index >= 15 is 0 Å². The third kappa shape index (κ3) is 3.48. The zero-order valence-electron chi connectivity index (χ0n) is 13.0. The molecule has 0 saturated heterocycles. The number of hydrogen-bond acceptors (Lipinski definition) is 6. The number of hydrogen-bond donors (Lipinski definition) is 2. The number of thiophene rings is 1. The number of carbonyl (C=O) groups is 1. The molecular weight excluding hydrogens is 394 g/mol. The lowest BCUT2D eigenvalue weighted by molar-refractivity contribution is 0.209. The first-order valence-electron chi connectivity index (χ1n) is 7.35. The maximum absolute atomic E-state index is 10.7. The molecule has 0 atom stereocenters. The average molecular weight is 404 g/mol. The van der Waals surface area contributed by atoms with Crippen LogP contribution < -0.4 is 10.1 Å². The number of nitrogens with one attached hydrogen (secondary N) is 1. The zero-order chi connectivity index (χ0) is 18.1. The van der Waals surface area contributed by atoms with Gasteiger partial charge in [-0.15, -0.1) is 22.7 Å². The fraction of sp³-hybridized carbons (Fsp3) is 0. The quantitative estimate of drug-likeness (QED) is 0.439. The maximum atomic E-state index is 10.7. The number of rotatable bonds is 4. The SMILES string of the molecule is O=C(O)Nc1csc(-c2cc3c(Oc4ccc(Cl)cc4)cncc3s2)n1. The van der Waals surface area contributed by atoms with Crippen molar-refractivity contribution in [2.45, 2.75) is 0 Å². The second-order valence-corrected chi connectivity index (χ2v) is 7.56. The number of halogens is 1. The van der Waals surface area contributed by atoms with E-state index < -0.39 is 6.09 Å². The molecule has 1 aromatic carbocycles. The van der Waals surface area contributed by atoms with Crippen LogP contribution >= 0.6 is 34.3 Å². The van der Waals surface area contributed by atoms with Crippen LogP contribution in [0.1, 0.15) is 0 Å². The van der Waals surface area contributed by atoms with E-state index in [0.29, 0.717) is 22.3 Å². The van der Waals surface area contributed by atoms with E-state index in [4.69, 9.17) is 21.4 Å². The molecule has 0 aliphatic carbocycles. The second kappa shape index (κ2) is 6.91. The highest BCUT2D eigenvalue weighted by atomic mass is 35.5. The predicted molar refractivity (Wildman–Crippen MR) is 104 cm³/mol. The van der Waals surface area contributed by atoms with E-state index in [1.54, 1.807) is 42.0 Å². The van der Waals surface area contributed by atoms with Crippen molar-refractivity contribution in [3.63, 3.8) is 0 Å². The van der Waals surface area contributed by atoms with Gasteiger partial charge in [0.15, 0.2) is 5.75 Å². The summed E-state index contributed by atoms with van der Waals surface area (Å²) in [7, 11) is 0. The van der Waals surface area contributed by atoms with Crippen LogP contribution in [0.3, 0.4) is 0 Å². The molecule has 0 fully saturated rings. The number of benzene rings is 1. The number of ether oxygens (including phenoxy) is 1. The molecule has 130 valence electrons. The molecule has 26 heavy (non-hydrogen) atoms. The first kappa shape index (κ1) is 16.8. The molecule has 0 bridgehead atoms. The highest BCUT2D eigenvalue weighted by Crippen LogP contribution is 2.40. The summed E-state index contributed by atoms with van der Waals surface area (Å²) >= 11 is 8.79. The third-order valence-corrected chi connectivity index (χ3v) is 5.73. The minimum absolute atomic E-state index is 0.311. The van der Waals surface area contributed by atoms with Crippen LogP contribution in [0.2, 0.25) is 5.02 Å². The van der Waals surface area contributed by atoms with Gasteiger partial charge in [0.05, 0.1) is 15.8 Å². The summed E-state index contributed by atoms with van der Waals surface area (Å²) in [5, 5.41) is 15.0. The molecule has 0 spiro atoms. The van der Waals surface area contributed by atoms with Crippen molar-refractivity contribution < 1.29 is 14.6 Å². The lowest BCUT2D eigenvalue weighted by Crippen LogP contribution is -2.07. The molecule has 0 radical (unpaired) electrons. The van der Waals surface area contributed by atoms with Crippen molar-refractivity contribution in [1.82, 2.24) is 9.97 Å². The summed E-state index contributed by atoms with van der Waals surface area (Å²) in [6.45, 7) is 0.